The zero-order valence-corrected chi connectivity index (χ0v) is 10.6. The van der Waals surface area contributed by atoms with E-state index < -0.39 is 0 Å². The van der Waals surface area contributed by atoms with Crippen LogP contribution in [0.1, 0.15) is 31.0 Å². The molecule has 0 atom stereocenters. The third-order valence-corrected chi connectivity index (χ3v) is 2.67. The van der Waals surface area contributed by atoms with Crippen LogP contribution in [0.15, 0.2) is 36.7 Å². The predicted octanol–water partition coefficient (Wildman–Crippen LogP) is 2.95. The molecule has 4 nitrogen and oxygen atoms in total. The van der Waals surface area contributed by atoms with Crippen molar-refractivity contribution in [1.29, 1.82) is 5.26 Å². The van der Waals surface area contributed by atoms with Gasteiger partial charge in [-0.3, -0.25) is 4.68 Å². The quantitative estimate of drug-likeness (QED) is 0.893. The summed E-state index contributed by atoms with van der Waals surface area (Å²) in [6, 6.07) is 9.96. The van der Waals surface area contributed by atoms with E-state index in [1.54, 1.807) is 6.07 Å². The summed E-state index contributed by atoms with van der Waals surface area (Å²) in [6.07, 6.45) is 3.90. The van der Waals surface area contributed by atoms with Gasteiger partial charge in [-0.05, 0) is 32.0 Å². The van der Waals surface area contributed by atoms with Gasteiger partial charge in [0.25, 0.3) is 0 Å². The first-order valence-electron chi connectivity index (χ1n) is 5.96. The van der Waals surface area contributed by atoms with Gasteiger partial charge in [0.15, 0.2) is 0 Å². The van der Waals surface area contributed by atoms with Gasteiger partial charge in [-0.2, -0.15) is 10.4 Å². The van der Waals surface area contributed by atoms with E-state index in [0.29, 0.717) is 18.2 Å². The lowest BCUT2D eigenvalue weighted by Crippen LogP contribution is -2.01. The summed E-state index contributed by atoms with van der Waals surface area (Å²) < 4.78 is 1.93. The molecule has 4 heteroatoms. The second kappa shape index (κ2) is 5.37. The fourth-order valence-corrected chi connectivity index (χ4v) is 1.65. The second-order valence-electron chi connectivity index (χ2n) is 4.47. The lowest BCUT2D eigenvalue weighted by atomic mass is 10.2. The highest BCUT2D eigenvalue weighted by molar-refractivity contribution is 5.49. The molecule has 0 unspecified atom stereocenters. The van der Waals surface area contributed by atoms with E-state index in [1.165, 1.54) is 0 Å². The number of hydrogen-bond donors (Lipinski definition) is 1. The van der Waals surface area contributed by atoms with Gasteiger partial charge in [0.1, 0.15) is 0 Å². The smallest absolute Gasteiger partial charge is 0.0992 e. The van der Waals surface area contributed by atoms with Crippen LogP contribution in [0.3, 0.4) is 0 Å². The average molecular weight is 240 g/mol. The summed E-state index contributed by atoms with van der Waals surface area (Å²) in [4.78, 5) is 0. The SMILES string of the molecule is CC(C)n1cc(CNc2cccc(C#N)c2)cn1. The molecule has 1 aromatic heterocycles. The summed E-state index contributed by atoms with van der Waals surface area (Å²) in [5, 5.41) is 16.4. The van der Waals surface area contributed by atoms with Gasteiger partial charge in [-0.1, -0.05) is 6.07 Å². The predicted molar refractivity (Wildman–Crippen MR) is 71.1 cm³/mol. The third-order valence-electron chi connectivity index (χ3n) is 2.67. The number of rotatable bonds is 4. The lowest BCUT2D eigenvalue weighted by molar-refractivity contribution is 0.532. The maximum atomic E-state index is 8.82. The summed E-state index contributed by atoms with van der Waals surface area (Å²) in [6.45, 7) is 4.91. The molecule has 0 fully saturated rings. The van der Waals surface area contributed by atoms with Crippen molar-refractivity contribution in [3.8, 4) is 6.07 Å². The minimum Gasteiger partial charge on any atom is -0.381 e. The van der Waals surface area contributed by atoms with Crippen LogP contribution in [0.5, 0.6) is 0 Å². The Bertz CT molecular complexity index is 563. The van der Waals surface area contributed by atoms with Crippen LogP contribution < -0.4 is 5.32 Å². The normalized spacial score (nSPS) is 10.3. The van der Waals surface area contributed by atoms with Gasteiger partial charge in [0.2, 0.25) is 0 Å². The summed E-state index contributed by atoms with van der Waals surface area (Å²) in [7, 11) is 0. The molecule has 2 aromatic rings. The zero-order chi connectivity index (χ0) is 13.0. The van der Waals surface area contributed by atoms with Gasteiger partial charge in [0.05, 0.1) is 17.8 Å². The third kappa shape index (κ3) is 2.89. The monoisotopic (exact) mass is 240 g/mol. The van der Waals surface area contributed by atoms with Crippen LogP contribution in [0, 0.1) is 11.3 Å². The Morgan fingerprint density at radius 2 is 2.28 bits per heavy atom. The standard InChI is InChI=1S/C14H16N4/c1-11(2)18-10-13(9-17-18)8-16-14-5-3-4-12(6-14)7-15/h3-6,9-11,16H,8H2,1-2H3. The molecule has 0 aliphatic carbocycles. The van der Waals surface area contributed by atoms with E-state index in [2.05, 4.69) is 30.3 Å². The molecule has 0 saturated heterocycles. The summed E-state index contributed by atoms with van der Waals surface area (Å²) >= 11 is 0. The average Bonchev–Trinajstić information content (AvgIpc) is 2.85. The van der Waals surface area contributed by atoms with Gasteiger partial charge >= 0.3 is 0 Å². The van der Waals surface area contributed by atoms with Crippen LogP contribution >= 0.6 is 0 Å². The largest absolute Gasteiger partial charge is 0.381 e. The highest BCUT2D eigenvalue weighted by Gasteiger charge is 2.01. The highest BCUT2D eigenvalue weighted by atomic mass is 15.3. The minimum absolute atomic E-state index is 0.376. The molecule has 92 valence electrons. The van der Waals surface area contributed by atoms with E-state index in [0.717, 1.165) is 11.3 Å². The van der Waals surface area contributed by atoms with Gasteiger partial charge in [-0.15, -0.1) is 0 Å². The molecule has 1 heterocycles. The fourth-order valence-electron chi connectivity index (χ4n) is 1.65. The number of hydrogen-bond acceptors (Lipinski definition) is 3. The van der Waals surface area contributed by atoms with E-state index in [4.69, 9.17) is 5.26 Å². The molecule has 0 aliphatic rings. The van der Waals surface area contributed by atoms with Gasteiger partial charge in [0, 0.05) is 30.0 Å². The van der Waals surface area contributed by atoms with Crippen molar-refractivity contribution in [1.82, 2.24) is 9.78 Å². The van der Waals surface area contributed by atoms with Crippen LogP contribution in [-0.2, 0) is 6.54 Å². The van der Waals surface area contributed by atoms with E-state index >= 15 is 0 Å². The van der Waals surface area contributed by atoms with Crippen molar-refractivity contribution >= 4 is 5.69 Å². The van der Waals surface area contributed by atoms with Crippen LogP contribution in [0.4, 0.5) is 5.69 Å². The van der Waals surface area contributed by atoms with Crippen molar-refractivity contribution in [2.75, 3.05) is 5.32 Å². The molecule has 1 aromatic carbocycles. The first-order chi connectivity index (χ1) is 8.69. The first kappa shape index (κ1) is 12.2. The zero-order valence-electron chi connectivity index (χ0n) is 10.6. The Morgan fingerprint density at radius 3 is 2.94 bits per heavy atom. The minimum atomic E-state index is 0.376. The molecular weight excluding hydrogens is 224 g/mol. The van der Waals surface area contributed by atoms with Crippen molar-refractivity contribution in [2.24, 2.45) is 0 Å². The Labute approximate surface area is 107 Å². The number of nitriles is 1. The molecule has 1 N–H and O–H groups in total. The van der Waals surface area contributed by atoms with E-state index in [-0.39, 0.29) is 0 Å². The maximum absolute atomic E-state index is 8.82. The molecule has 18 heavy (non-hydrogen) atoms. The van der Waals surface area contributed by atoms with Crippen LogP contribution in [0.25, 0.3) is 0 Å². The van der Waals surface area contributed by atoms with Gasteiger partial charge < -0.3 is 5.32 Å². The molecule has 0 saturated carbocycles. The van der Waals surface area contributed by atoms with Crippen molar-refractivity contribution in [3.63, 3.8) is 0 Å². The number of anilines is 1. The molecule has 0 amide bonds. The lowest BCUT2D eigenvalue weighted by Gasteiger charge is -2.05. The van der Waals surface area contributed by atoms with Crippen molar-refractivity contribution in [2.45, 2.75) is 26.4 Å². The Balaban J connectivity index is 2.00. The maximum Gasteiger partial charge on any atom is 0.0992 e. The summed E-state index contributed by atoms with van der Waals surface area (Å²) in [5.74, 6) is 0. The Hall–Kier alpha value is -2.28. The summed E-state index contributed by atoms with van der Waals surface area (Å²) in [5.41, 5.74) is 2.75. The van der Waals surface area contributed by atoms with Crippen LogP contribution in [0.2, 0.25) is 0 Å². The molecule has 0 radical (unpaired) electrons. The number of nitrogens with zero attached hydrogens (tertiary/aromatic N) is 3. The fraction of sp³-hybridized carbons (Fsp3) is 0.286. The number of nitrogens with one attached hydrogen (secondary N) is 1. The Kier molecular flexibility index (Phi) is 3.63. The van der Waals surface area contributed by atoms with Crippen molar-refractivity contribution < 1.29 is 0 Å². The van der Waals surface area contributed by atoms with Crippen LogP contribution in [-0.4, -0.2) is 9.78 Å². The Morgan fingerprint density at radius 1 is 1.44 bits per heavy atom. The molecule has 2 rings (SSSR count). The molecule has 0 spiro atoms. The number of benzene rings is 1. The molecular formula is C14H16N4. The van der Waals surface area contributed by atoms with E-state index in [9.17, 15) is 0 Å². The highest BCUT2D eigenvalue weighted by Crippen LogP contribution is 2.12. The van der Waals surface area contributed by atoms with Crippen molar-refractivity contribution in [3.05, 3.63) is 47.8 Å². The molecule has 0 aliphatic heterocycles. The number of aromatic nitrogens is 2. The van der Waals surface area contributed by atoms with E-state index in [1.807, 2.05) is 35.3 Å². The topological polar surface area (TPSA) is 53.6 Å². The van der Waals surface area contributed by atoms with Gasteiger partial charge in [-0.25, -0.2) is 0 Å². The molecule has 0 bridgehead atoms. The second-order valence-corrected chi connectivity index (χ2v) is 4.47. The first-order valence-corrected chi connectivity index (χ1v) is 5.96.